The van der Waals surface area contributed by atoms with Gasteiger partial charge >= 0.3 is 0 Å². The molecule has 0 radical (unpaired) electrons. The first-order chi connectivity index (χ1) is 8.54. The minimum absolute atomic E-state index is 0.0438. The van der Waals surface area contributed by atoms with E-state index in [4.69, 9.17) is 10.5 Å². The van der Waals surface area contributed by atoms with Crippen LogP contribution < -0.4 is 11.1 Å². The van der Waals surface area contributed by atoms with Crippen LogP contribution in [-0.4, -0.2) is 30.7 Å². The fourth-order valence-electron chi connectivity index (χ4n) is 2.53. The second-order valence-electron chi connectivity index (χ2n) is 7.41. The van der Waals surface area contributed by atoms with Crippen LogP contribution in [-0.2, 0) is 9.53 Å². The average Bonchev–Trinajstić information content (AvgIpc) is 2.26. The zero-order valence-electron chi connectivity index (χ0n) is 13.3. The van der Waals surface area contributed by atoms with E-state index >= 15 is 0 Å². The summed E-state index contributed by atoms with van der Waals surface area (Å²) in [5.74, 6) is -0.0438. The SMILES string of the molecule is CCOC1CC(N)(C(=O)NCCC(C)(C)C)C1(C)C. The van der Waals surface area contributed by atoms with Crippen LogP contribution in [0.4, 0.5) is 0 Å². The fraction of sp³-hybridized carbons (Fsp3) is 0.933. The third-order valence-corrected chi connectivity index (χ3v) is 4.40. The first kappa shape index (κ1) is 16.4. The Morgan fingerprint density at radius 2 is 2.00 bits per heavy atom. The molecule has 0 aromatic carbocycles. The Kier molecular flexibility index (Phi) is 4.68. The summed E-state index contributed by atoms with van der Waals surface area (Å²) in [4.78, 5) is 12.3. The first-order valence-electron chi connectivity index (χ1n) is 7.23. The number of amides is 1. The zero-order chi connectivity index (χ0) is 14.9. The summed E-state index contributed by atoms with van der Waals surface area (Å²) in [6, 6.07) is 0. The predicted molar refractivity (Wildman–Crippen MR) is 77.8 cm³/mol. The molecule has 0 aromatic heterocycles. The van der Waals surface area contributed by atoms with E-state index in [1.54, 1.807) is 0 Å². The maximum atomic E-state index is 12.3. The van der Waals surface area contributed by atoms with Gasteiger partial charge in [0, 0.05) is 25.0 Å². The van der Waals surface area contributed by atoms with Crippen molar-refractivity contribution in [1.29, 1.82) is 0 Å². The van der Waals surface area contributed by atoms with Gasteiger partial charge in [-0.1, -0.05) is 34.6 Å². The van der Waals surface area contributed by atoms with Crippen molar-refractivity contribution >= 4 is 5.91 Å². The first-order valence-corrected chi connectivity index (χ1v) is 7.23. The lowest BCUT2D eigenvalue weighted by Crippen LogP contribution is -2.75. The molecule has 0 aliphatic heterocycles. The smallest absolute Gasteiger partial charge is 0.240 e. The van der Waals surface area contributed by atoms with Gasteiger partial charge in [0.25, 0.3) is 0 Å². The van der Waals surface area contributed by atoms with Crippen molar-refractivity contribution < 1.29 is 9.53 Å². The lowest BCUT2D eigenvalue weighted by atomic mass is 9.54. The van der Waals surface area contributed by atoms with Crippen LogP contribution in [0.25, 0.3) is 0 Å². The van der Waals surface area contributed by atoms with Gasteiger partial charge in [-0.15, -0.1) is 0 Å². The number of carbonyl (C=O) groups is 1. The van der Waals surface area contributed by atoms with Crippen molar-refractivity contribution in [2.45, 2.75) is 66.0 Å². The Morgan fingerprint density at radius 1 is 1.42 bits per heavy atom. The van der Waals surface area contributed by atoms with E-state index in [0.29, 0.717) is 19.6 Å². The summed E-state index contributed by atoms with van der Waals surface area (Å²) < 4.78 is 5.64. The molecule has 4 heteroatoms. The number of nitrogens with two attached hydrogens (primary N) is 1. The highest BCUT2D eigenvalue weighted by Crippen LogP contribution is 2.49. The summed E-state index contributed by atoms with van der Waals surface area (Å²) in [7, 11) is 0. The van der Waals surface area contributed by atoms with Crippen LogP contribution in [0.3, 0.4) is 0 Å². The molecule has 0 spiro atoms. The van der Waals surface area contributed by atoms with E-state index in [9.17, 15) is 4.79 Å². The van der Waals surface area contributed by atoms with Crippen LogP contribution in [0.15, 0.2) is 0 Å². The fourth-order valence-corrected chi connectivity index (χ4v) is 2.53. The van der Waals surface area contributed by atoms with E-state index in [1.165, 1.54) is 0 Å². The monoisotopic (exact) mass is 270 g/mol. The molecule has 2 atom stereocenters. The van der Waals surface area contributed by atoms with Crippen LogP contribution in [0.2, 0.25) is 0 Å². The molecule has 19 heavy (non-hydrogen) atoms. The summed E-state index contributed by atoms with van der Waals surface area (Å²) in [6.45, 7) is 13.8. The number of nitrogens with one attached hydrogen (secondary N) is 1. The van der Waals surface area contributed by atoms with Crippen molar-refractivity contribution in [2.75, 3.05) is 13.2 Å². The maximum absolute atomic E-state index is 12.3. The van der Waals surface area contributed by atoms with Gasteiger partial charge in [-0.25, -0.2) is 0 Å². The van der Waals surface area contributed by atoms with Gasteiger partial charge in [-0.05, 0) is 18.8 Å². The molecule has 1 aliphatic carbocycles. The van der Waals surface area contributed by atoms with Crippen molar-refractivity contribution in [2.24, 2.45) is 16.6 Å². The molecular weight excluding hydrogens is 240 g/mol. The van der Waals surface area contributed by atoms with Crippen molar-refractivity contribution in [1.82, 2.24) is 5.32 Å². The molecule has 3 N–H and O–H groups in total. The van der Waals surface area contributed by atoms with Gasteiger partial charge in [0.2, 0.25) is 5.91 Å². The third-order valence-electron chi connectivity index (χ3n) is 4.40. The van der Waals surface area contributed by atoms with Gasteiger partial charge in [0.1, 0.15) is 5.54 Å². The van der Waals surface area contributed by atoms with Gasteiger partial charge in [-0.2, -0.15) is 0 Å². The van der Waals surface area contributed by atoms with Crippen LogP contribution in [0, 0.1) is 10.8 Å². The van der Waals surface area contributed by atoms with E-state index in [0.717, 1.165) is 6.42 Å². The molecule has 4 nitrogen and oxygen atoms in total. The topological polar surface area (TPSA) is 64.3 Å². The maximum Gasteiger partial charge on any atom is 0.240 e. The van der Waals surface area contributed by atoms with Gasteiger partial charge in [0.05, 0.1) is 6.10 Å². The number of hydrogen-bond acceptors (Lipinski definition) is 3. The third kappa shape index (κ3) is 3.29. The Hall–Kier alpha value is -0.610. The molecule has 112 valence electrons. The van der Waals surface area contributed by atoms with E-state index < -0.39 is 5.54 Å². The number of rotatable bonds is 5. The lowest BCUT2D eigenvalue weighted by molar-refractivity contribution is -0.170. The van der Waals surface area contributed by atoms with Crippen molar-refractivity contribution in [3.63, 3.8) is 0 Å². The minimum Gasteiger partial charge on any atom is -0.378 e. The Labute approximate surface area is 117 Å². The molecular formula is C15H30N2O2. The van der Waals surface area contributed by atoms with E-state index in [2.05, 4.69) is 26.1 Å². The van der Waals surface area contributed by atoms with E-state index in [-0.39, 0.29) is 22.8 Å². The molecule has 1 amide bonds. The molecule has 2 unspecified atom stereocenters. The molecule has 0 saturated heterocycles. The summed E-state index contributed by atoms with van der Waals surface area (Å²) >= 11 is 0. The Balaban J connectivity index is 2.53. The number of carbonyl (C=O) groups excluding carboxylic acids is 1. The highest BCUT2D eigenvalue weighted by Gasteiger charge is 2.62. The van der Waals surface area contributed by atoms with E-state index in [1.807, 2.05) is 20.8 Å². The minimum atomic E-state index is -0.801. The molecule has 1 aliphatic rings. The molecule has 0 aromatic rings. The Bertz CT molecular complexity index is 334. The highest BCUT2D eigenvalue weighted by atomic mass is 16.5. The van der Waals surface area contributed by atoms with Crippen LogP contribution in [0.1, 0.15) is 54.4 Å². The van der Waals surface area contributed by atoms with Gasteiger partial charge < -0.3 is 15.8 Å². The predicted octanol–water partition coefficient (Wildman–Crippen LogP) is 2.07. The Morgan fingerprint density at radius 3 is 2.42 bits per heavy atom. The average molecular weight is 270 g/mol. The molecule has 0 heterocycles. The van der Waals surface area contributed by atoms with Gasteiger partial charge in [-0.3, -0.25) is 4.79 Å². The second kappa shape index (κ2) is 5.41. The molecule has 0 bridgehead atoms. The lowest BCUT2D eigenvalue weighted by Gasteiger charge is -2.57. The highest BCUT2D eigenvalue weighted by molar-refractivity contribution is 5.88. The zero-order valence-corrected chi connectivity index (χ0v) is 13.3. The number of ether oxygens (including phenoxy) is 1. The van der Waals surface area contributed by atoms with Gasteiger partial charge in [0.15, 0.2) is 0 Å². The number of hydrogen-bond donors (Lipinski definition) is 2. The summed E-state index contributed by atoms with van der Waals surface area (Å²) in [5, 5.41) is 2.98. The standard InChI is InChI=1S/C15H30N2O2/c1-7-19-11-10-15(16,14(11,5)6)12(18)17-9-8-13(2,3)4/h11H,7-10,16H2,1-6H3,(H,17,18). The van der Waals surface area contributed by atoms with Crippen molar-refractivity contribution in [3.05, 3.63) is 0 Å². The van der Waals surface area contributed by atoms with Crippen LogP contribution in [0.5, 0.6) is 0 Å². The largest absolute Gasteiger partial charge is 0.378 e. The molecule has 1 rings (SSSR count). The van der Waals surface area contributed by atoms with Crippen molar-refractivity contribution in [3.8, 4) is 0 Å². The summed E-state index contributed by atoms with van der Waals surface area (Å²) in [6.07, 6.45) is 1.63. The quantitative estimate of drug-likeness (QED) is 0.804. The van der Waals surface area contributed by atoms with Crippen LogP contribution >= 0.6 is 0 Å². The normalized spacial score (nSPS) is 29.7. The second-order valence-corrected chi connectivity index (χ2v) is 7.41. The molecule has 1 fully saturated rings. The molecule has 1 saturated carbocycles. The summed E-state index contributed by atoms with van der Waals surface area (Å²) in [5.41, 5.74) is 5.41.